The van der Waals surface area contributed by atoms with E-state index >= 15 is 0 Å². The van der Waals surface area contributed by atoms with Gasteiger partial charge >= 0.3 is 6.03 Å². The highest BCUT2D eigenvalue weighted by Gasteiger charge is 2.51. The highest BCUT2D eigenvalue weighted by atomic mass is 32.2. The lowest BCUT2D eigenvalue weighted by atomic mass is 9.90. The lowest BCUT2D eigenvalue weighted by molar-refractivity contribution is -0.134. The summed E-state index contributed by atoms with van der Waals surface area (Å²) in [6.07, 6.45) is 4.94. The van der Waals surface area contributed by atoms with Crippen LogP contribution in [0, 0.1) is 0 Å². The van der Waals surface area contributed by atoms with Crippen molar-refractivity contribution < 1.29 is 22.8 Å². The van der Waals surface area contributed by atoms with E-state index in [0.717, 1.165) is 34.9 Å². The SMILES string of the molecule is CN(C)S(=O)(=O)c1cccc(NC(=O)CN2C(=O)NC3(CCCCCC3)C2=O)c1. The van der Waals surface area contributed by atoms with Crippen LogP contribution in [0.15, 0.2) is 29.2 Å². The number of nitrogens with one attached hydrogen (secondary N) is 2. The number of rotatable bonds is 5. The Balaban J connectivity index is 1.70. The Morgan fingerprint density at radius 1 is 1.17 bits per heavy atom. The van der Waals surface area contributed by atoms with E-state index in [2.05, 4.69) is 10.6 Å². The maximum absolute atomic E-state index is 12.9. The van der Waals surface area contributed by atoms with E-state index in [9.17, 15) is 22.8 Å². The molecule has 10 heteroatoms. The molecule has 0 unspecified atom stereocenters. The molecule has 1 aliphatic carbocycles. The van der Waals surface area contributed by atoms with Gasteiger partial charge in [-0.05, 0) is 31.0 Å². The average Bonchev–Trinajstić information content (AvgIpc) is 2.83. The molecule has 9 nitrogen and oxygen atoms in total. The summed E-state index contributed by atoms with van der Waals surface area (Å²) >= 11 is 0. The molecule has 3 rings (SSSR count). The van der Waals surface area contributed by atoms with Gasteiger partial charge in [-0.3, -0.25) is 14.5 Å². The summed E-state index contributed by atoms with van der Waals surface area (Å²) in [5, 5.41) is 5.36. The van der Waals surface area contributed by atoms with Crippen molar-refractivity contribution in [1.29, 1.82) is 0 Å². The molecular formula is C19H26N4O5S. The molecule has 2 aliphatic rings. The average molecular weight is 423 g/mol. The summed E-state index contributed by atoms with van der Waals surface area (Å²) in [7, 11) is -0.808. The van der Waals surface area contributed by atoms with Crippen LogP contribution in [-0.2, 0) is 19.6 Å². The highest BCUT2D eigenvalue weighted by Crippen LogP contribution is 2.32. The molecule has 1 spiro atoms. The van der Waals surface area contributed by atoms with Crippen molar-refractivity contribution in [2.45, 2.75) is 49.0 Å². The summed E-state index contributed by atoms with van der Waals surface area (Å²) in [5.41, 5.74) is -0.623. The smallest absolute Gasteiger partial charge is 0.324 e. The molecule has 29 heavy (non-hydrogen) atoms. The molecule has 1 saturated heterocycles. The fourth-order valence-corrected chi connectivity index (χ4v) is 4.73. The third kappa shape index (κ3) is 4.27. The molecule has 0 atom stereocenters. The van der Waals surface area contributed by atoms with E-state index in [4.69, 9.17) is 0 Å². The van der Waals surface area contributed by atoms with E-state index in [0.29, 0.717) is 12.8 Å². The zero-order valence-corrected chi connectivity index (χ0v) is 17.4. The Labute approximate surface area is 170 Å². The molecule has 0 aromatic heterocycles. The van der Waals surface area contributed by atoms with Crippen LogP contribution < -0.4 is 10.6 Å². The van der Waals surface area contributed by atoms with Crippen LogP contribution in [0.3, 0.4) is 0 Å². The first-order chi connectivity index (χ1) is 13.7. The van der Waals surface area contributed by atoms with Gasteiger partial charge in [0.05, 0.1) is 4.90 Å². The number of benzene rings is 1. The first-order valence-electron chi connectivity index (χ1n) is 9.62. The van der Waals surface area contributed by atoms with Crippen LogP contribution >= 0.6 is 0 Å². The fraction of sp³-hybridized carbons (Fsp3) is 0.526. The lowest BCUT2D eigenvalue weighted by Gasteiger charge is -2.24. The number of carbonyl (C=O) groups is 3. The number of hydrogen-bond acceptors (Lipinski definition) is 5. The first-order valence-corrected chi connectivity index (χ1v) is 11.1. The Bertz CT molecular complexity index is 920. The molecule has 158 valence electrons. The monoisotopic (exact) mass is 422 g/mol. The number of carbonyl (C=O) groups excluding carboxylic acids is 3. The molecule has 1 aromatic carbocycles. The van der Waals surface area contributed by atoms with Gasteiger partial charge in [-0.15, -0.1) is 0 Å². The Kier molecular flexibility index (Phi) is 5.95. The molecule has 1 saturated carbocycles. The second-order valence-corrected chi connectivity index (χ2v) is 9.83. The van der Waals surface area contributed by atoms with Gasteiger partial charge in [-0.1, -0.05) is 31.7 Å². The summed E-state index contributed by atoms with van der Waals surface area (Å²) in [6.45, 7) is -0.420. The number of imide groups is 1. The summed E-state index contributed by atoms with van der Waals surface area (Å²) in [5.74, 6) is -0.929. The minimum absolute atomic E-state index is 0.0349. The van der Waals surface area contributed by atoms with Crippen molar-refractivity contribution in [3.8, 4) is 0 Å². The molecular weight excluding hydrogens is 396 g/mol. The number of hydrogen-bond donors (Lipinski definition) is 2. The molecule has 1 aliphatic heterocycles. The maximum atomic E-state index is 12.9. The predicted octanol–water partition coefficient (Wildman–Crippen LogP) is 1.52. The van der Waals surface area contributed by atoms with E-state index < -0.39 is 34.0 Å². The van der Waals surface area contributed by atoms with Crippen LogP contribution in [0.5, 0.6) is 0 Å². The van der Waals surface area contributed by atoms with E-state index in [1.165, 1.54) is 32.3 Å². The lowest BCUT2D eigenvalue weighted by Crippen LogP contribution is -2.47. The third-order valence-electron chi connectivity index (χ3n) is 5.40. The van der Waals surface area contributed by atoms with Gasteiger partial charge in [-0.2, -0.15) is 0 Å². The second kappa shape index (κ2) is 8.11. The first kappa shape index (κ1) is 21.3. The summed E-state index contributed by atoms with van der Waals surface area (Å²) in [6, 6.07) is 5.27. The van der Waals surface area contributed by atoms with Gasteiger partial charge in [-0.25, -0.2) is 17.5 Å². The van der Waals surface area contributed by atoms with E-state index in [1.54, 1.807) is 6.07 Å². The molecule has 2 fully saturated rings. The third-order valence-corrected chi connectivity index (χ3v) is 7.21. The zero-order chi connectivity index (χ0) is 21.2. The van der Waals surface area contributed by atoms with Crippen LogP contribution in [0.25, 0.3) is 0 Å². The van der Waals surface area contributed by atoms with Crippen molar-refractivity contribution in [2.24, 2.45) is 0 Å². The molecule has 0 radical (unpaired) electrons. The van der Waals surface area contributed by atoms with Crippen molar-refractivity contribution in [1.82, 2.24) is 14.5 Å². The van der Waals surface area contributed by atoms with Gasteiger partial charge in [0.2, 0.25) is 15.9 Å². The van der Waals surface area contributed by atoms with Crippen LogP contribution in [0.1, 0.15) is 38.5 Å². The number of amides is 4. The quantitative estimate of drug-likeness (QED) is 0.698. The van der Waals surface area contributed by atoms with Gasteiger partial charge in [0, 0.05) is 19.8 Å². The Hall–Kier alpha value is -2.46. The van der Waals surface area contributed by atoms with Crippen molar-refractivity contribution >= 4 is 33.6 Å². The summed E-state index contributed by atoms with van der Waals surface area (Å²) in [4.78, 5) is 38.6. The van der Waals surface area contributed by atoms with Crippen molar-refractivity contribution in [3.63, 3.8) is 0 Å². The van der Waals surface area contributed by atoms with Gasteiger partial charge < -0.3 is 10.6 Å². The van der Waals surface area contributed by atoms with Gasteiger partial charge in [0.25, 0.3) is 5.91 Å². The summed E-state index contributed by atoms with van der Waals surface area (Å²) < 4.78 is 25.6. The minimum atomic E-state index is -3.64. The van der Waals surface area contributed by atoms with Crippen molar-refractivity contribution in [2.75, 3.05) is 26.0 Å². The largest absolute Gasteiger partial charge is 0.325 e. The second-order valence-electron chi connectivity index (χ2n) is 7.68. The van der Waals surface area contributed by atoms with E-state index in [1.807, 2.05) is 0 Å². The fourth-order valence-electron chi connectivity index (χ4n) is 3.78. The zero-order valence-electron chi connectivity index (χ0n) is 16.6. The van der Waals surface area contributed by atoms with Gasteiger partial charge in [0.1, 0.15) is 12.1 Å². The standard InChI is InChI=1S/C19H26N4O5S/c1-22(2)29(27,28)15-9-7-8-14(12-15)20-16(24)13-23-17(25)19(21-18(23)26)10-5-3-4-6-11-19/h7-9,12H,3-6,10-11,13H2,1-2H3,(H,20,24)(H,21,26). The topological polar surface area (TPSA) is 116 Å². The maximum Gasteiger partial charge on any atom is 0.325 e. The molecule has 1 heterocycles. The van der Waals surface area contributed by atoms with Crippen LogP contribution in [0.2, 0.25) is 0 Å². The number of urea groups is 1. The van der Waals surface area contributed by atoms with Gasteiger partial charge in [0.15, 0.2) is 0 Å². The highest BCUT2D eigenvalue weighted by molar-refractivity contribution is 7.89. The number of nitrogens with zero attached hydrogens (tertiary/aromatic N) is 2. The minimum Gasteiger partial charge on any atom is -0.324 e. The molecule has 4 amide bonds. The Morgan fingerprint density at radius 3 is 2.45 bits per heavy atom. The van der Waals surface area contributed by atoms with Crippen LogP contribution in [0.4, 0.5) is 10.5 Å². The number of sulfonamides is 1. The number of anilines is 1. The molecule has 2 N–H and O–H groups in total. The predicted molar refractivity (Wildman–Crippen MR) is 107 cm³/mol. The Morgan fingerprint density at radius 2 is 1.83 bits per heavy atom. The molecule has 0 bridgehead atoms. The van der Waals surface area contributed by atoms with E-state index in [-0.39, 0.29) is 16.5 Å². The molecule has 1 aromatic rings. The van der Waals surface area contributed by atoms with Crippen molar-refractivity contribution in [3.05, 3.63) is 24.3 Å². The normalized spacial score (nSPS) is 19.3. The van der Waals surface area contributed by atoms with Crippen LogP contribution in [-0.4, -0.2) is 61.6 Å².